The lowest BCUT2D eigenvalue weighted by atomic mass is 9.97. The summed E-state index contributed by atoms with van der Waals surface area (Å²) < 4.78 is -0.392. The van der Waals surface area contributed by atoms with Crippen LogP contribution in [0.15, 0.2) is 0 Å². The highest BCUT2D eigenvalue weighted by molar-refractivity contribution is 8.17. The summed E-state index contributed by atoms with van der Waals surface area (Å²) in [4.78, 5) is 0. The largest absolute Gasteiger partial charge is 0.394 e. The van der Waals surface area contributed by atoms with E-state index < -0.39 is 47.8 Å². The third kappa shape index (κ3) is 6.59. The summed E-state index contributed by atoms with van der Waals surface area (Å²) in [6.07, 6.45) is -10.2. The van der Waals surface area contributed by atoms with Gasteiger partial charge >= 0.3 is 0 Å². The summed E-state index contributed by atoms with van der Waals surface area (Å²) in [6.45, 7) is 2.98. The molecule has 21 heavy (non-hydrogen) atoms. The molecule has 0 aromatic heterocycles. The maximum atomic E-state index is 10.1. The van der Waals surface area contributed by atoms with Crippen LogP contribution in [-0.2, 0) is 0 Å². The predicted molar refractivity (Wildman–Crippen MR) is 83.2 cm³/mol. The summed E-state index contributed by atoms with van der Waals surface area (Å²) in [5.74, 6) is 1.40. The molecule has 7 nitrogen and oxygen atoms in total. The fourth-order valence-electron chi connectivity index (χ4n) is 1.68. The van der Waals surface area contributed by atoms with Crippen molar-refractivity contribution in [2.75, 3.05) is 18.1 Å². The molecule has 0 aromatic carbocycles. The lowest BCUT2D eigenvalue weighted by molar-refractivity contribution is -0.155. The Kier molecular flexibility index (Phi) is 11.3. The lowest BCUT2D eigenvalue weighted by Crippen LogP contribution is -2.54. The molecule has 0 heterocycles. The summed E-state index contributed by atoms with van der Waals surface area (Å²) >= 11 is 2.79. The summed E-state index contributed by atoms with van der Waals surface area (Å²) in [5, 5.41) is 67.0. The number of hydrogen-bond donors (Lipinski definition) is 7. The third-order valence-electron chi connectivity index (χ3n) is 2.92. The first-order valence-corrected chi connectivity index (χ1v) is 8.83. The second-order valence-electron chi connectivity index (χ2n) is 4.48. The van der Waals surface area contributed by atoms with E-state index >= 15 is 0 Å². The van der Waals surface area contributed by atoms with E-state index in [0.29, 0.717) is 11.5 Å². The van der Waals surface area contributed by atoms with Crippen LogP contribution < -0.4 is 0 Å². The monoisotopic (exact) mass is 346 g/mol. The highest BCUT2D eigenvalue weighted by atomic mass is 32.2. The van der Waals surface area contributed by atoms with Crippen molar-refractivity contribution in [3.05, 3.63) is 0 Å². The van der Waals surface area contributed by atoms with E-state index in [2.05, 4.69) is 0 Å². The van der Waals surface area contributed by atoms with Crippen molar-refractivity contribution < 1.29 is 35.7 Å². The Morgan fingerprint density at radius 2 is 1.05 bits per heavy atom. The first kappa shape index (κ1) is 21.4. The van der Waals surface area contributed by atoms with Gasteiger partial charge in [0.05, 0.1) is 11.2 Å². The van der Waals surface area contributed by atoms with Crippen LogP contribution in [0.25, 0.3) is 0 Å². The average molecular weight is 346 g/mol. The second kappa shape index (κ2) is 11.0. The Hall–Kier alpha value is 0.420. The van der Waals surface area contributed by atoms with E-state index in [1.54, 1.807) is 0 Å². The van der Waals surface area contributed by atoms with Crippen molar-refractivity contribution >= 4 is 23.5 Å². The van der Waals surface area contributed by atoms with Gasteiger partial charge in [0.25, 0.3) is 0 Å². The molecule has 0 spiro atoms. The molecule has 0 aliphatic rings. The SMILES string of the molecule is CCSC(SCC)[C@@H](O)[C@H](O)[C@H](O)[C@H](O)[C@H](O)[C@H](O)CO. The normalized spacial score (nSPS) is 20.9. The quantitative estimate of drug-likeness (QED) is 0.211. The number of aliphatic hydroxyl groups excluding tert-OH is 7. The Labute approximate surface area is 133 Å². The molecule has 9 heteroatoms. The maximum absolute atomic E-state index is 10.1. The van der Waals surface area contributed by atoms with Crippen LogP contribution in [0.4, 0.5) is 0 Å². The van der Waals surface area contributed by atoms with Crippen molar-refractivity contribution in [3.8, 4) is 0 Å². The fourth-order valence-corrected chi connectivity index (χ4v) is 4.25. The Morgan fingerprint density at radius 1 is 0.667 bits per heavy atom. The summed E-state index contributed by atoms with van der Waals surface area (Å²) in [6, 6.07) is 0. The van der Waals surface area contributed by atoms with Gasteiger partial charge in [-0.3, -0.25) is 0 Å². The van der Waals surface area contributed by atoms with Gasteiger partial charge < -0.3 is 35.7 Å². The Balaban J connectivity index is 4.75. The first-order chi connectivity index (χ1) is 9.81. The van der Waals surface area contributed by atoms with Gasteiger partial charge in [-0.15, -0.1) is 23.5 Å². The van der Waals surface area contributed by atoms with Gasteiger partial charge in [0, 0.05) is 0 Å². The molecular formula is C12H26O7S2. The van der Waals surface area contributed by atoms with Crippen LogP contribution in [-0.4, -0.2) is 95.1 Å². The molecule has 0 amide bonds. The zero-order valence-electron chi connectivity index (χ0n) is 12.1. The number of rotatable bonds is 11. The maximum Gasteiger partial charge on any atom is 0.111 e. The van der Waals surface area contributed by atoms with Gasteiger partial charge in [-0.25, -0.2) is 0 Å². The fraction of sp³-hybridized carbons (Fsp3) is 1.00. The van der Waals surface area contributed by atoms with E-state index in [1.165, 1.54) is 23.5 Å². The van der Waals surface area contributed by atoms with Crippen LogP contribution >= 0.6 is 23.5 Å². The molecule has 0 unspecified atom stereocenters. The van der Waals surface area contributed by atoms with Crippen LogP contribution in [0.2, 0.25) is 0 Å². The topological polar surface area (TPSA) is 142 Å². The zero-order chi connectivity index (χ0) is 16.6. The average Bonchev–Trinajstić information content (AvgIpc) is 2.50. The molecule has 128 valence electrons. The number of aliphatic hydroxyl groups is 7. The van der Waals surface area contributed by atoms with E-state index in [1.807, 2.05) is 13.8 Å². The standard InChI is InChI=1S/C12H26O7S2/c1-3-20-12(21-4-2)11(19)10(18)9(17)8(16)7(15)6(14)5-13/h6-19H,3-5H2,1-2H3/t6-,7-,8-,9-,10-,11+/m1/s1. The molecule has 0 saturated heterocycles. The van der Waals surface area contributed by atoms with Crippen molar-refractivity contribution in [3.63, 3.8) is 0 Å². The second-order valence-corrected chi connectivity index (χ2v) is 7.62. The van der Waals surface area contributed by atoms with Crippen molar-refractivity contribution in [1.82, 2.24) is 0 Å². The minimum Gasteiger partial charge on any atom is -0.394 e. The van der Waals surface area contributed by atoms with Crippen LogP contribution in [0.5, 0.6) is 0 Å². The molecule has 0 aromatic rings. The molecule has 6 atom stereocenters. The molecule has 0 rings (SSSR count). The molecule has 0 saturated carbocycles. The van der Waals surface area contributed by atoms with Gasteiger partial charge in [0.2, 0.25) is 0 Å². The van der Waals surface area contributed by atoms with E-state index in [4.69, 9.17) is 5.11 Å². The lowest BCUT2D eigenvalue weighted by Gasteiger charge is -2.33. The smallest absolute Gasteiger partial charge is 0.111 e. The van der Waals surface area contributed by atoms with E-state index in [0.717, 1.165) is 0 Å². The Morgan fingerprint density at radius 3 is 1.43 bits per heavy atom. The van der Waals surface area contributed by atoms with Gasteiger partial charge in [0.15, 0.2) is 0 Å². The summed E-state index contributed by atoms with van der Waals surface area (Å²) in [7, 11) is 0. The first-order valence-electron chi connectivity index (χ1n) is 6.74. The van der Waals surface area contributed by atoms with Gasteiger partial charge in [0.1, 0.15) is 36.6 Å². The molecule has 0 fully saturated rings. The number of thioether (sulfide) groups is 2. The van der Waals surface area contributed by atoms with Gasteiger partial charge in [-0.1, -0.05) is 13.8 Å². The van der Waals surface area contributed by atoms with E-state index in [9.17, 15) is 30.6 Å². The predicted octanol–water partition coefficient (Wildman–Crippen LogP) is -2.02. The van der Waals surface area contributed by atoms with Crippen molar-refractivity contribution in [1.29, 1.82) is 0 Å². The molecule has 7 N–H and O–H groups in total. The third-order valence-corrected chi connectivity index (χ3v) is 5.62. The minimum atomic E-state index is -1.89. The van der Waals surface area contributed by atoms with Crippen LogP contribution in [0.1, 0.15) is 13.8 Å². The molecule has 0 radical (unpaired) electrons. The molecular weight excluding hydrogens is 320 g/mol. The number of hydrogen-bond acceptors (Lipinski definition) is 9. The Bertz CT molecular complexity index is 266. The van der Waals surface area contributed by atoms with Crippen LogP contribution in [0.3, 0.4) is 0 Å². The molecule has 0 bridgehead atoms. The highest BCUT2D eigenvalue weighted by Gasteiger charge is 2.39. The van der Waals surface area contributed by atoms with Gasteiger partial charge in [-0.2, -0.15) is 0 Å². The molecule has 0 aliphatic carbocycles. The minimum absolute atomic E-state index is 0.392. The molecule has 0 aliphatic heterocycles. The highest BCUT2D eigenvalue weighted by Crippen LogP contribution is 2.29. The van der Waals surface area contributed by atoms with Crippen molar-refractivity contribution in [2.45, 2.75) is 55.1 Å². The summed E-state index contributed by atoms with van der Waals surface area (Å²) in [5.41, 5.74) is 0. The van der Waals surface area contributed by atoms with Gasteiger partial charge in [-0.05, 0) is 11.5 Å². The van der Waals surface area contributed by atoms with E-state index in [-0.39, 0.29) is 0 Å². The zero-order valence-corrected chi connectivity index (χ0v) is 13.7. The van der Waals surface area contributed by atoms with Crippen LogP contribution in [0, 0.1) is 0 Å². The van der Waals surface area contributed by atoms with Crippen molar-refractivity contribution in [2.24, 2.45) is 0 Å².